The van der Waals surface area contributed by atoms with E-state index in [9.17, 15) is 13.9 Å². The fourth-order valence-electron chi connectivity index (χ4n) is 2.47. The first kappa shape index (κ1) is 13.4. The monoisotopic (exact) mass is 255 g/mol. The second-order valence-corrected chi connectivity index (χ2v) is 4.92. The molecule has 1 fully saturated rings. The maximum atomic E-state index is 13.5. The molecule has 18 heavy (non-hydrogen) atoms. The average Bonchev–Trinajstić information content (AvgIpc) is 2.57. The SMILES string of the molecule is OC(CC1CCCCCN1)c1ccc(F)cc1F. The predicted octanol–water partition coefficient (Wildman–Crippen LogP) is 2.92. The van der Waals surface area contributed by atoms with Crippen LogP contribution >= 0.6 is 0 Å². The molecule has 2 unspecified atom stereocenters. The molecule has 2 atom stereocenters. The van der Waals surface area contributed by atoms with Gasteiger partial charge in [0.25, 0.3) is 0 Å². The minimum absolute atomic E-state index is 0.183. The number of nitrogens with one attached hydrogen (secondary N) is 1. The van der Waals surface area contributed by atoms with Gasteiger partial charge in [0, 0.05) is 17.7 Å². The molecule has 1 aliphatic rings. The summed E-state index contributed by atoms with van der Waals surface area (Å²) in [4.78, 5) is 0. The normalized spacial score (nSPS) is 22.5. The van der Waals surface area contributed by atoms with Crippen LogP contribution in [0.1, 0.15) is 43.8 Å². The first-order chi connectivity index (χ1) is 8.66. The van der Waals surface area contributed by atoms with Crippen LogP contribution in [0, 0.1) is 11.6 Å². The molecular weight excluding hydrogens is 236 g/mol. The van der Waals surface area contributed by atoms with E-state index in [-0.39, 0.29) is 11.6 Å². The molecule has 4 heteroatoms. The van der Waals surface area contributed by atoms with E-state index in [0.29, 0.717) is 6.42 Å². The molecule has 0 spiro atoms. The molecule has 100 valence electrons. The van der Waals surface area contributed by atoms with E-state index < -0.39 is 17.7 Å². The van der Waals surface area contributed by atoms with Crippen molar-refractivity contribution < 1.29 is 13.9 Å². The third-order valence-electron chi connectivity index (χ3n) is 3.49. The lowest BCUT2D eigenvalue weighted by atomic mass is 9.98. The van der Waals surface area contributed by atoms with Gasteiger partial charge in [0.05, 0.1) is 6.10 Å². The van der Waals surface area contributed by atoms with Crippen molar-refractivity contribution in [3.8, 4) is 0 Å². The molecule has 0 radical (unpaired) electrons. The van der Waals surface area contributed by atoms with Gasteiger partial charge < -0.3 is 10.4 Å². The summed E-state index contributed by atoms with van der Waals surface area (Å²) < 4.78 is 26.3. The van der Waals surface area contributed by atoms with Crippen LogP contribution in [0.5, 0.6) is 0 Å². The maximum absolute atomic E-state index is 13.5. The molecule has 2 nitrogen and oxygen atoms in total. The zero-order valence-electron chi connectivity index (χ0n) is 10.3. The van der Waals surface area contributed by atoms with E-state index >= 15 is 0 Å². The molecule has 0 saturated carbocycles. The number of aliphatic hydroxyl groups excluding tert-OH is 1. The lowest BCUT2D eigenvalue weighted by Crippen LogP contribution is -2.30. The molecule has 0 bridgehead atoms. The molecule has 2 N–H and O–H groups in total. The van der Waals surface area contributed by atoms with Crippen LogP contribution in [0.3, 0.4) is 0 Å². The zero-order valence-corrected chi connectivity index (χ0v) is 10.3. The average molecular weight is 255 g/mol. The minimum Gasteiger partial charge on any atom is -0.388 e. The smallest absolute Gasteiger partial charge is 0.131 e. The summed E-state index contributed by atoms with van der Waals surface area (Å²) in [6, 6.07) is 3.54. The summed E-state index contributed by atoms with van der Waals surface area (Å²) in [6.45, 7) is 0.948. The molecule has 2 rings (SSSR count). The van der Waals surface area contributed by atoms with Crippen LogP contribution < -0.4 is 5.32 Å². The molecule has 0 amide bonds. The van der Waals surface area contributed by atoms with Crippen LogP contribution in [0.25, 0.3) is 0 Å². The topological polar surface area (TPSA) is 32.3 Å². The molecule has 1 aliphatic heterocycles. The molecular formula is C14H19F2NO. The lowest BCUT2D eigenvalue weighted by molar-refractivity contribution is 0.146. The Hall–Kier alpha value is -1.00. The summed E-state index contributed by atoms with van der Waals surface area (Å²) in [7, 11) is 0. The van der Waals surface area contributed by atoms with Gasteiger partial charge in [-0.3, -0.25) is 0 Å². The number of benzene rings is 1. The van der Waals surface area contributed by atoms with E-state index in [4.69, 9.17) is 0 Å². The van der Waals surface area contributed by atoms with Crippen LogP contribution in [-0.4, -0.2) is 17.7 Å². The molecule has 1 saturated heterocycles. The van der Waals surface area contributed by atoms with Gasteiger partial charge in [-0.25, -0.2) is 8.78 Å². The number of rotatable bonds is 3. The standard InChI is InChI=1S/C14H19F2NO/c15-10-5-6-12(13(16)8-10)14(18)9-11-4-2-1-3-7-17-11/h5-6,8,11,14,17-18H,1-4,7,9H2. The Labute approximate surface area is 106 Å². The van der Waals surface area contributed by atoms with Crippen molar-refractivity contribution in [3.05, 3.63) is 35.4 Å². The van der Waals surface area contributed by atoms with Gasteiger partial charge in [-0.15, -0.1) is 0 Å². The largest absolute Gasteiger partial charge is 0.388 e. The van der Waals surface area contributed by atoms with Gasteiger partial charge in [0.2, 0.25) is 0 Å². The van der Waals surface area contributed by atoms with Crippen LogP contribution in [0.4, 0.5) is 8.78 Å². The van der Waals surface area contributed by atoms with E-state index in [1.165, 1.54) is 18.6 Å². The van der Waals surface area contributed by atoms with Gasteiger partial charge in [-0.2, -0.15) is 0 Å². The second-order valence-electron chi connectivity index (χ2n) is 4.92. The van der Waals surface area contributed by atoms with Gasteiger partial charge in [-0.05, 0) is 31.9 Å². The summed E-state index contributed by atoms with van der Waals surface area (Å²) in [5.74, 6) is -1.29. The van der Waals surface area contributed by atoms with Gasteiger partial charge >= 0.3 is 0 Å². The maximum Gasteiger partial charge on any atom is 0.131 e. The number of halogens is 2. The van der Waals surface area contributed by atoms with Crippen molar-refractivity contribution in [2.24, 2.45) is 0 Å². The highest BCUT2D eigenvalue weighted by Gasteiger charge is 2.19. The van der Waals surface area contributed by atoms with Crippen molar-refractivity contribution in [3.63, 3.8) is 0 Å². The summed E-state index contributed by atoms with van der Waals surface area (Å²) >= 11 is 0. The summed E-state index contributed by atoms with van der Waals surface area (Å²) in [6.07, 6.45) is 4.09. The van der Waals surface area contributed by atoms with Crippen molar-refractivity contribution >= 4 is 0 Å². The summed E-state index contributed by atoms with van der Waals surface area (Å²) in [5, 5.41) is 13.4. The fraction of sp³-hybridized carbons (Fsp3) is 0.571. The Balaban J connectivity index is 1.99. The van der Waals surface area contributed by atoms with E-state index in [1.54, 1.807) is 0 Å². The molecule has 0 aliphatic carbocycles. The molecule has 0 aromatic heterocycles. The molecule has 1 aromatic carbocycles. The van der Waals surface area contributed by atoms with E-state index in [2.05, 4.69) is 5.32 Å². The Morgan fingerprint density at radius 1 is 1.28 bits per heavy atom. The molecule has 1 aromatic rings. The van der Waals surface area contributed by atoms with Gasteiger partial charge in [0.1, 0.15) is 11.6 Å². The van der Waals surface area contributed by atoms with Crippen LogP contribution in [-0.2, 0) is 0 Å². The van der Waals surface area contributed by atoms with Gasteiger partial charge in [-0.1, -0.05) is 18.9 Å². The second kappa shape index (κ2) is 6.25. The third kappa shape index (κ3) is 3.50. The van der Waals surface area contributed by atoms with Crippen molar-refractivity contribution in [1.29, 1.82) is 0 Å². The highest BCUT2D eigenvalue weighted by Crippen LogP contribution is 2.24. The lowest BCUT2D eigenvalue weighted by Gasteiger charge is -2.20. The zero-order chi connectivity index (χ0) is 13.0. The Bertz CT molecular complexity index is 389. The van der Waals surface area contributed by atoms with Crippen LogP contribution in [0.2, 0.25) is 0 Å². The minimum atomic E-state index is -0.874. The summed E-state index contributed by atoms with van der Waals surface area (Å²) in [5.41, 5.74) is 0.183. The van der Waals surface area contributed by atoms with E-state index in [0.717, 1.165) is 31.9 Å². The number of hydrogen-bond donors (Lipinski definition) is 2. The number of aliphatic hydroxyl groups is 1. The predicted molar refractivity (Wildman–Crippen MR) is 66.2 cm³/mol. The van der Waals surface area contributed by atoms with Crippen LogP contribution in [0.15, 0.2) is 18.2 Å². The fourth-order valence-corrected chi connectivity index (χ4v) is 2.47. The first-order valence-electron chi connectivity index (χ1n) is 6.53. The van der Waals surface area contributed by atoms with E-state index in [1.807, 2.05) is 0 Å². The first-order valence-corrected chi connectivity index (χ1v) is 6.53. The highest BCUT2D eigenvalue weighted by molar-refractivity contribution is 5.21. The quantitative estimate of drug-likeness (QED) is 0.870. The Morgan fingerprint density at radius 3 is 2.89 bits per heavy atom. The Kier molecular flexibility index (Phi) is 4.66. The highest BCUT2D eigenvalue weighted by atomic mass is 19.1. The van der Waals surface area contributed by atoms with Crippen molar-refractivity contribution in [1.82, 2.24) is 5.32 Å². The molecule has 1 heterocycles. The van der Waals surface area contributed by atoms with Crippen molar-refractivity contribution in [2.75, 3.05) is 6.54 Å². The van der Waals surface area contributed by atoms with Gasteiger partial charge in [0.15, 0.2) is 0 Å². The van der Waals surface area contributed by atoms with Crippen molar-refractivity contribution in [2.45, 2.75) is 44.2 Å². The third-order valence-corrected chi connectivity index (χ3v) is 3.49. The Morgan fingerprint density at radius 2 is 2.11 bits per heavy atom. The number of hydrogen-bond acceptors (Lipinski definition) is 2.